The summed E-state index contributed by atoms with van der Waals surface area (Å²) in [7, 11) is 3.08. The minimum atomic E-state index is -0.926. The Morgan fingerprint density at radius 1 is 1.08 bits per heavy atom. The van der Waals surface area contributed by atoms with Gasteiger partial charge in [-0.2, -0.15) is 0 Å². The highest BCUT2D eigenvalue weighted by Crippen LogP contribution is 2.36. The molecule has 0 unspecified atom stereocenters. The summed E-state index contributed by atoms with van der Waals surface area (Å²) in [6.45, 7) is 5.80. The summed E-state index contributed by atoms with van der Waals surface area (Å²) in [5.74, 6) is 0.372. The second-order valence-corrected chi connectivity index (χ2v) is 10.2. The van der Waals surface area contributed by atoms with Gasteiger partial charge in [0.05, 0.1) is 25.4 Å². The van der Waals surface area contributed by atoms with Crippen molar-refractivity contribution in [3.63, 3.8) is 0 Å². The van der Waals surface area contributed by atoms with Gasteiger partial charge in [0, 0.05) is 28.6 Å². The number of hydrogen-bond acceptors (Lipinski definition) is 7. The molecule has 0 fully saturated rings. The van der Waals surface area contributed by atoms with Crippen LogP contribution in [0, 0.1) is 0 Å². The third kappa shape index (κ3) is 5.75. The molecule has 4 aromatic rings. The van der Waals surface area contributed by atoms with E-state index in [4.69, 9.17) is 9.47 Å². The van der Waals surface area contributed by atoms with Crippen LogP contribution in [0.2, 0.25) is 0 Å². The number of thiophene rings is 1. The van der Waals surface area contributed by atoms with Crippen LogP contribution in [0.25, 0.3) is 11.0 Å². The van der Waals surface area contributed by atoms with Crippen LogP contribution in [0.1, 0.15) is 38.1 Å². The van der Waals surface area contributed by atoms with Gasteiger partial charge >= 0.3 is 0 Å². The number of para-hydroxylation sites is 1. The molecule has 4 rings (SSSR count). The fourth-order valence-corrected chi connectivity index (χ4v) is 4.73. The zero-order valence-electron chi connectivity index (χ0n) is 21.6. The van der Waals surface area contributed by atoms with Crippen molar-refractivity contribution in [2.24, 2.45) is 0 Å². The molecule has 2 heterocycles. The van der Waals surface area contributed by atoms with Gasteiger partial charge in [0.2, 0.25) is 11.8 Å². The minimum Gasteiger partial charge on any atom is -0.497 e. The summed E-state index contributed by atoms with van der Waals surface area (Å²) in [4.78, 5) is 30.2. The molecule has 1 N–H and O–H groups in total. The Kier molecular flexibility index (Phi) is 7.77. The third-order valence-corrected chi connectivity index (χ3v) is 7.18. The number of rotatable bonds is 10. The van der Waals surface area contributed by atoms with Crippen molar-refractivity contribution in [1.29, 1.82) is 0 Å². The molecule has 0 radical (unpaired) electrons. The van der Waals surface area contributed by atoms with E-state index in [9.17, 15) is 9.59 Å². The van der Waals surface area contributed by atoms with E-state index in [-0.39, 0.29) is 18.4 Å². The van der Waals surface area contributed by atoms with E-state index in [1.54, 1.807) is 37.1 Å². The smallest absolute Gasteiger partial charge is 0.249 e. The van der Waals surface area contributed by atoms with Crippen LogP contribution in [0.5, 0.6) is 11.5 Å². The van der Waals surface area contributed by atoms with Crippen LogP contribution in [0.4, 0.5) is 5.69 Å². The van der Waals surface area contributed by atoms with Crippen molar-refractivity contribution in [3.05, 3.63) is 64.9 Å². The number of carbonyl (C=O) groups excluding carboxylic acids is 2. The molecule has 2 aromatic carbocycles. The number of anilines is 1. The van der Waals surface area contributed by atoms with Crippen LogP contribution in [-0.4, -0.2) is 46.6 Å². The summed E-state index contributed by atoms with van der Waals surface area (Å²) in [6.07, 6.45) is 0.724. The highest BCUT2D eigenvalue weighted by atomic mass is 32.1. The standard InChI is InChI=1S/C27H31N5O4S/c1-6-27(2,3)28-26(34)25(23-12-9-13-37-23)32(18-14-19(35-4)16-20(15-18)36-5)24(33)17-31-22-11-8-7-10-21(22)29-30-31/h7-16,25H,6,17H2,1-5H3,(H,28,34)/t25-/m0/s1. The molecule has 0 saturated heterocycles. The lowest BCUT2D eigenvalue weighted by Gasteiger charge is -2.34. The lowest BCUT2D eigenvalue weighted by Crippen LogP contribution is -2.50. The van der Waals surface area contributed by atoms with Gasteiger partial charge in [0.1, 0.15) is 29.6 Å². The summed E-state index contributed by atoms with van der Waals surface area (Å²) < 4.78 is 12.5. The van der Waals surface area contributed by atoms with E-state index in [1.807, 2.05) is 62.5 Å². The van der Waals surface area contributed by atoms with Gasteiger partial charge in [0.15, 0.2) is 0 Å². The van der Waals surface area contributed by atoms with E-state index < -0.39 is 11.6 Å². The van der Waals surface area contributed by atoms with Crippen LogP contribution in [0.3, 0.4) is 0 Å². The third-order valence-electron chi connectivity index (χ3n) is 6.25. The predicted octanol–water partition coefficient (Wildman–Crippen LogP) is 4.59. The first-order chi connectivity index (χ1) is 17.8. The van der Waals surface area contributed by atoms with Crippen LogP contribution >= 0.6 is 11.3 Å². The normalized spacial score (nSPS) is 12.2. The molecule has 10 heteroatoms. The molecule has 0 aliphatic rings. The monoisotopic (exact) mass is 521 g/mol. The topological polar surface area (TPSA) is 98.6 Å². The second kappa shape index (κ2) is 11.0. The van der Waals surface area contributed by atoms with E-state index in [2.05, 4.69) is 15.6 Å². The molecule has 37 heavy (non-hydrogen) atoms. The molecule has 194 valence electrons. The van der Waals surface area contributed by atoms with Gasteiger partial charge in [0.25, 0.3) is 0 Å². The van der Waals surface area contributed by atoms with E-state index in [0.717, 1.165) is 16.8 Å². The van der Waals surface area contributed by atoms with Crippen LogP contribution in [0.15, 0.2) is 60.0 Å². The number of hydrogen-bond donors (Lipinski definition) is 1. The molecular weight excluding hydrogens is 490 g/mol. The molecule has 0 bridgehead atoms. The number of carbonyl (C=O) groups is 2. The average molecular weight is 522 g/mol. The average Bonchev–Trinajstić information content (AvgIpc) is 3.57. The van der Waals surface area contributed by atoms with Gasteiger partial charge < -0.3 is 14.8 Å². The quantitative estimate of drug-likeness (QED) is 0.328. The zero-order chi connectivity index (χ0) is 26.6. The maximum atomic E-state index is 14.1. The summed E-state index contributed by atoms with van der Waals surface area (Å²) in [5, 5.41) is 13.4. The number of aromatic nitrogens is 3. The summed E-state index contributed by atoms with van der Waals surface area (Å²) >= 11 is 1.41. The number of fused-ring (bicyclic) bond motifs is 1. The lowest BCUT2D eigenvalue weighted by atomic mass is 10.0. The fourth-order valence-electron chi connectivity index (χ4n) is 3.92. The Morgan fingerprint density at radius 3 is 2.41 bits per heavy atom. The largest absolute Gasteiger partial charge is 0.497 e. The van der Waals surface area contributed by atoms with Crippen molar-refractivity contribution in [2.45, 2.75) is 45.3 Å². The Labute approximate surface area is 220 Å². The van der Waals surface area contributed by atoms with Crippen LogP contribution in [-0.2, 0) is 16.1 Å². The number of nitrogens with one attached hydrogen (secondary N) is 1. The van der Waals surface area contributed by atoms with Crippen molar-refractivity contribution in [2.75, 3.05) is 19.1 Å². The first-order valence-electron chi connectivity index (χ1n) is 11.9. The maximum Gasteiger partial charge on any atom is 0.249 e. The van der Waals surface area contributed by atoms with E-state index >= 15 is 0 Å². The van der Waals surface area contributed by atoms with Crippen LogP contribution < -0.4 is 19.7 Å². The number of nitrogens with zero attached hydrogens (tertiary/aromatic N) is 4. The van der Waals surface area contributed by atoms with Gasteiger partial charge in [-0.25, -0.2) is 4.68 Å². The fraction of sp³-hybridized carbons (Fsp3) is 0.333. The highest BCUT2D eigenvalue weighted by molar-refractivity contribution is 7.10. The van der Waals surface area contributed by atoms with Gasteiger partial charge in [-0.15, -0.1) is 16.4 Å². The van der Waals surface area contributed by atoms with Gasteiger partial charge in [-0.1, -0.05) is 30.3 Å². The first-order valence-corrected chi connectivity index (χ1v) is 12.8. The molecular formula is C27H31N5O4S. The number of methoxy groups -OCH3 is 2. The number of benzene rings is 2. The Morgan fingerprint density at radius 2 is 1.78 bits per heavy atom. The summed E-state index contributed by atoms with van der Waals surface area (Å²) in [6, 6.07) is 15.4. The van der Waals surface area contributed by atoms with Crippen molar-refractivity contribution in [1.82, 2.24) is 20.3 Å². The lowest BCUT2D eigenvalue weighted by molar-refractivity contribution is -0.128. The maximum absolute atomic E-state index is 14.1. The molecule has 9 nitrogen and oxygen atoms in total. The molecule has 2 aromatic heterocycles. The molecule has 1 atom stereocenters. The predicted molar refractivity (Wildman–Crippen MR) is 144 cm³/mol. The first kappa shape index (κ1) is 26.2. The number of amides is 2. The Hall–Kier alpha value is -3.92. The molecule has 0 aliphatic heterocycles. The second-order valence-electron chi connectivity index (χ2n) is 9.22. The number of ether oxygens (including phenoxy) is 2. The zero-order valence-corrected chi connectivity index (χ0v) is 22.4. The molecule has 0 spiro atoms. The SMILES string of the molecule is CCC(C)(C)NC(=O)[C@H](c1cccs1)N(C(=O)Cn1nnc2ccccc21)c1cc(OC)cc(OC)c1. The van der Waals surface area contributed by atoms with Crippen molar-refractivity contribution in [3.8, 4) is 11.5 Å². The molecule has 0 aliphatic carbocycles. The molecule has 0 saturated carbocycles. The molecule has 2 amide bonds. The van der Waals surface area contributed by atoms with Crippen molar-refractivity contribution >= 4 is 39.9 Å². The van der Waals surface area contributed by atoms with Gasteiger partial charge in [-0.05, 0) is 43.8 Å². The Bertz CT molecular complexity index is 1360. The van der Waals surface area contributed by atoms with E-state index in [1.165, 1.54) is 16.2 Å². The Balaban J connectivity index is 1.84. The van der Waals surface area contributed by atoms with Crippen molar-refractivity contribution < 1.29 is 19.1 Å². The minimum absolute atomic E-state index is 0.119. The summed E-state index contributed by atoms with van der Waals surface area (Å²) in [5.41, 5.74) is 1.41. The highest BCUT2D eigenvalue weighted by Gasteiger charge is 2.36. The van der Waals surface area contributed by atoms with Gasteiger partial charge in [-0.3, -0.25) is 14.5 Å². The van der Waals surface area contributed by atoms with E-state index in [0.29, 0.717) is 22.7 Å².